The van der Waals surface area contributed by atoms with Crippen molar-refractivity contribution in [2.45, 2.75) is 38.1 Å². The average Bonchev–Trinajstić information content (AvgIpc) is 3.43. The summed E-state index contributed by atoms with van der Waals surface area (Å²) in [5, 5.41) is 10.6. The Morgan fingerprint density at radius 1 is 0.943 bits per heavy atom. The van der Waals surface area contributed by atoms with Crippen molar-refractivity contribution in [3.05, 3.63) is 89.5 Å². The van der Waals surface area contributed by atoms with Gasteiger partial charge in [-0.15, -0.1) is 0 Å². The van der Waals surface area contributed by atoms with Crippen LogP contribution in [0.25, 0.3) is 0 Å². The zero-order valence-electron chi connectivity index (χ0n) is 20.0. The molecule has 2 saturated heterocycles. The molecule has 7 heteroatoms. The van der Waals surface area contributed by atoms with E-state index in [4.69, 9.17) is 9.47 Å². The topological polar surface area (TPSA) is 83.1 Å². The predicted octanol–water partition coefficient (Wildman–Crippen LogP) is 4.11. The van der Waals surface area contributed by atoms with Crippen molar-refractivity contribution in [2.24, 2.45) is 5.92 Å². The van der Waals surface area contributed by atoms with Crippen molar-refractivity contribution in [2.75, 3.05) is 13.7 Å². The van der Waals surface area contributed by atoms with Gasteiger partial charge in [0.05, 0.1) is 19.2 Å². The maximum Gasteiger partial charge on any atom is 0.242 e. The Balaban J connectivity index is 1.48. The molecule has 182 valence electrons. The Bertz CT molecular complexity index is 1190. The lowest BCUT2D eigenvalue weighted by Crippen LogP contribution is -2.41. The maximum absolute atomic E-state index is 13.4. The van der Waals surface area contributed by atoms with E-state index in [0.717, 1.165) is 23.1 Å². The van der Waals surface area contributed by atoms with Crippen LogP contribution in [0.5, 0.6) is 17.2 Å². The number of likely N-dealkylation sites (tertiary alicyclic amines) is 1. The van der Waals surface area contributed by atoms with Crippen LogP contribution in [0.1, 0.15) is 42.1 Å². The van der Waals surface area contributed by atoms with Crippen molar-refractivity contribution < 1.29 is 19.4 Å². The van der Waals surface area contributed by atoms with Crippen LogP contribution in [-0.4, -0.2) is 35.6 Å². The summed E-state index contributed by atoms with van der Waals surface area (Å²) in [5.74, 6) is 1.46. The fourth-order valence-corrected chi connectivity index (χ4v) is 5.33. The molecule has 5 rings (SSSR count). The first kappa shape index (κ1) is 23.2. The second-order valence-electron chi connectivity index (χ2n) is 9.04. The van der Waals surface area contributed by atoms with Crippen LogP contribution in [0.4, 0.5) is 0 Å². The molecule has 0 spiro atoms. The van der Waals surface area contributed by atoms with Gasteiger partial charge in [-0.2, -0.15) is 0 Å². The lowest BCUT2D eigenvalue weighted by Gasteiger charge is -2.31. The third-order valence-electron chi connectivity index (χ3n) is 6.92. The number of hydrazine groups is 1. The molecule has 0 aromatic heterocycles. The van der Waals surface area contributed by atoms with E-state index >= 15 is 0 Å². The standard InChI is InChI=1S/C28H31N3O4/c1-3-15-31-27(24-25(29-30-26(24)28(31)33)20-11-7-8-12-21(20)32)19-13-14-22(23(16-19)34-2)35-17-18-9-5-4-6-10-18/h4-14,16,24-27,29-30,32H,3,15,17H2,1-2H3. The molecule has 2 aliphatic heterocycles. The number of fused-ring (bicyclic) bond motifs is 1. The van der Waals surface area contributed by atoms with E-state index in [9.17, 15) is 9.90 Å². The normalized spacial score (nSPS) is 23.4. The third-order valence-corrected chi connectivity index (χ3v) is 6.92. The van der Waals surface area contributed by atoms with E-state index in [1.54, 1.807) is 19.2 Å². The molecular weight excluding hydrogens is 442 g/mol. The summed E-state index contributed by atoms with van der Waals surface area (Å²) in [6, 6.07) is 22.4. The van der Waals surface area contributed by atoms with Gasteiger partial charge in [-0.3, -0.25) is 4.79 Å². The first-order valence-corrected chi connectivity index (χ1v) is 12.1. The molecule has 2 fully saturated rings. The first-order chi connectivity index (χ1) is 17.1. The van der Waals surface area contributed by atoms with Crippen LogP contribution in [-0.2, 0) is 11.4 Å². The Morgan fingerprint density at radius 2 is 1.69 bits per heavy atom. The van der Waals surface area contributed by atoms with Gasteiger partial charge in [-0.1, -0.05) is 61.5 Å². The zero-order chi connectivity index (χ0) is 24.4. The number of rotatable bonds is 8. The maximum atomic E-state index is 13.4. The molecule has 0 saturated carbocycles. The van der Waals surface area contributed by atoms with Gasteiger partial charge in [0.2, 0.25) is 5.91 Å². The van der Waals surface area contributed by atoms with Gasteiger partial charge in [0.15, 0.2) is 11.5 Å². The number of nitrogens with zero attached hydrogens (tertiary/aromatic N) is 1. The minimum absolute atomic E-state index is 0.0654. The fraction of sp³-hybridized carbons (Fsp3) is 0.321. The number of carbonyl (C=O) groups excluding carboxylic acids is 1. The van der Waals surface area contributed by atoms with Crippen LogP contribution in [0.15, 0.2) is 72.8 Å². The molecule has 4 unspecified atom stereocenters. The van der Waals surface area contributed by atoms with Crippen molar-refractivity contribution in [3.63, 3.8) is 0 Å². The van der Waals surface area contributed by atoms with Gasteiger partial charge in [0, 0.05) is 18.0 Å². The molecule has 2 heterocycles. The number of phenols is 1. The Hall–Kier alpha value is -3.55. The lowest BCUT2D eigenvalue weighted by atomic mass is 9.83. The quantitative estimate of drug-likeness (QED) is 0.457. The Labute approximate surface area is 205 Å². The molecule has 3 aromatic rings. The van der Waals surface area contributed by atoms with Gasteiger partial charge >= 0.3 is 0 Å². The van der Waals surface area contributed by atoms with Gasteiger partial charge < -0.3 is 19.5 Å². The number of hydrogen-bond donors (Lipinski definition) is 3. The van der Waals surface area contributed by atoms with Crippen LogP contribution >= 0.6 is 0 Å². The molecule has 1 amide bonds. The second-order valence-corrected chi connectivity index (χ2v) is 9.04. The highest BCUT2D eigenvalue weighted by Crippen LogP contribution is 2.49. The first-order valence-electron chi connectivity index (χ1n) is 12.1. The number of benzene rings is 3. The molecule has 0 aliphatic carbocycles. The summed E-state index contributed by atoms with van der Waals surface area (Å²) in [5.41, 5.74) is 9.31. The summed E-state index contributed by atoms with van der Waals surface area (Å²) >= 11 is 0. The van der Waals surface area contributed by atoms with Gasteiger partial charge in [0.25, 0.3) is 0 Å². The van der Waals surface area contributed by atoms with Gasteiger partial charge in [-0.05, 0) is 35.7 Å². The zero-order valence-corrected chi connectivity index (χ0v) is 20.0. The van der Waals surface area contributed by atoms with E-state index in [2.05, 4.69) is 17.8 Å². The summed E-state index contributed by atoms with van der Waals surface area (Å²) in [6.45, 7) is 3.17. The van der Waals surface area contributed by atoms with Gasteiger partial charge in [-0.25, -0.2) is 10.9 Å². The lowest BCUT2D eigenvalue weighted by molar-refractivity contribution is -0.130. The number of methoxy groups -OCH3 is 1. The summed E-state index contributed by atoms with van der Waals surface area (Å²) in [7, 11) is 1.63. The highest BCUT2D eigenvalue weighted by Gasteiger charge is 2.55. The van der Waals surface area contributed by atoms with Crippen LogP contribution in [0.3, 0.4) is 0 Å². The van der Waals surface area contributed by atoms with E-state index < -0.39 is 0 Å². The highest BCUT2D eigenvalue weighted by molar-refractivity contribution is 5.86. The van der Waals surface area contributed by atoms with Crippen molar-refractivity contribution in [3.8, 4) is 17.2 Å². The molecule has 7 nitrogen and oxygen atoms in total. The number of ether oxygens (including phenoxy) is 2. The molecule has 0 radical (unpaired) electrons. The molecule has 4 atom stereocenters. The largest absolute Gasteiger partial charge is 0.508 e. The number of para-hydroxylation sites is 1. The third kappa shape index (κ3) is 4.33. The fourth-order valence-electron chi connectivity index (χ4n) is 5.33. The number of phenolic OH excluding ortho intramolecular Hbond substituents is 1. The molecule has 3 aromatic carbocycles. The molecule has 0 bridgehead atoms. The molecule has 3 N–H and O–H groups in total. The summed E-state index contributed by atoms with van der Waals surface area (Å²) < 4.78 is 11.8. The molecular formula is C28H31N3O4. The minimum atomic E-state index is -0.379. The van der Waals surface area contributed by atoms with Crippen LogP contribution in [0, 0.1) is 5.92 Å². The average molecular weight is 474 g/mol. The van der Waals surface area contributed by atoms with E-state index in [1.165, 1.54) is 0 Å². The smallest absolute Gasteiger partial charge is 0.242 e. The number of amides is 1. The minimum Gasteiger partial charge on any atom is -0.508 e. The number of hydrogen-bond acceptors (Lipinski definition) is 6. The SMILES string of the molecule is CCCN1C(=O)C2NNC(c3ccccc3O)C2C1c1ccc(OCc2ccccc2)c(OC)c1. The summed E-state index contributed by atoms with van der Waals surface area (Å²) in [6.07, 6.45) is 0.853. The van der Waals surface area contributed by atoms with E-state index in [1.807, 2.05) is 65.6 Å². The van der Waals surface area contributed by atoms with Crippen molar-refractivity contribution in [1.82, 2.24) is 15.8 Å². The summed E-state index contributed by atoms with van der Waals surface area (Å²) in [4.78, 5) is 15.4. The monoisotopic (exact) mass is 473 g/mol. The predicted molar refractivity (Wildman–Crippen MR) is 133 cm³/mol. The van der Waals surface area contributed by atoms with E-state index in [-0.39, 0.29) is 35.7 Å². The molecule has 35 heavy (non-hydrogen) atoms. The van der Waals surface area contributed by atoms with Crippen molar-refractivity contribution >= 4 is 5.91 Å². The Morgan fingerprint density at radius 3 is 2.43 bits per heavy atom. The second kappa shape index (κ2) is 9.98. The van der Waals surface area contributed by atoms with Crippen LogP contribution in [0.2, 0.25) is 0 Å². The molecule has 2 aliphatic rings. The van der Waals surface area contributed by atoms with Crippen molar-refractivity contribution in [1.29, 1.82) is 0 Å². The van der Waals surface area contributed by atoms with Gasteiger partial charge in [0.1, 0.15) is 18.4 Å². The number of carbonyl (C=O) groups is 1. The van der Waals surface area contributed by atoms with E-state index in [0.29, 0.717) is 24.7 Å². The number of nitrogens with one attached hydrogen (secondary N) is 2. The highest BCUT2D eigenvalue weighted by atomic mass is 16.5. The number of aromatic hydroxyl groups is 1. The Kier molecular flexibility index (Phi) is 6.61. The van der Waals surface area contributed by atoms with Crippen LogP contribution < -0.4 is 20.3 Å².